The van der Waals surface area contributed by atoms with Crippen molar-refractivity contribution in [2.45, 2.75) is 18.9 Å². The number of amides is 1. The third kappa shape index (κ3) is 5.14. The summed E-state index contributed by atoms with van der Waals surface area (Å²) in [6.07, 6.45) is 5.30. The highest BCUT2D eigenvalue weighted by Gasteiger charge is 2.22. The molecule has 2 aromatic rings. The van der Waals surface area contributed by atoms with Gasteiger partial charge in [-0.2, -0.15) is 0 Å². The van der Waals surface area contributed by atoms with Crippen LogP contribution in [0, 0.1) is 5.82 Å². The van der Waals surface area contributed by atoms with Gasteiger partial charge in [-0.25, -0.2) is 4.39 Å². The minimum atomic E-state index is -0.422. The van der Waals surface area contributed by atoms with Crippen LogP contribution in [0.1, 0.15) is 23.6 Å². The van der Waals surface area contributed by atoms with Crippen molar-refractivity contribution in [3.8, 4) is 0 Å². The number of hydrogen-bond donors (Lipinski definition) is 1. The molecule has 0 radical (unpaired) electrons. The Morgan fingerprint density at radius 2 is 2.00 bits per heavy atom. The molecule has 1 N–H and O–H groups in total. The number of nitrogens with zero attached hydrogens (tertiary/aromatic N) is 2. The zero-order chi connectivity index (χ0) is 16.7. The van der Waals surface area contributed by atoms with Gasteiger partial charge < -0.3 is 5.32 Å². The minimum Gasteiger partial charge on any atom is -0.354 e. The highest BCUT2D eigenvalue weighted by molar-refractivity contribution is 5.83. The molecule has 1 unspecified atom stereocenters. The van der Waals surface area contributed by atoms with E-state index in [0.717, 1.165) is 24.0 Å². The summed E-state index contributed by atoms with van der Waals surface area (Å²) >= 11 is 0. The first-order chi connectivity index (χ1) is 11.1. The van der Waals surface area contributed by atoms with Gasteiger partial charge >= 0.3 is 0 Å². The lowest BCUT2D eigenvalue weighted by Gasteiger charge is -2.23. The molecule has 0 bridgehead atoms. The van der Waals surface area contributed by atoms with E-state index in [9.17, 15) is 9.18 Å². The smallest absolute Gasteiger partial charge is 0.241 e. The van der Waals surface area contributed by atoms with E-state index in [4.69, 9.17) is 0 Å². The number of rotatable bonds is 7. The number of nitrogens with one attached hydrogen (secondary N) is 1. The van der Waals surface area contributed by atoms with E-state index in [0.29, 0.717) is 6.54 Å². The monoisotopic (exact) mass is 315 g/mol. The number of carbonyl (C=O) groups is 1. The molecular formula is C18H22FN3O. The van der Waals surface area contributed by atoms with E-state index in [1.54, 1.807) is 18.3 Å². The van der Waals surface area contributed by atoms with E-state index in [-0.39, 0.29) is 11.7 Å². The van der Waals surface area contributed by atoms with Crippen molar-refractivity contribution in [3.63, 3.8) is 0 Å². The van der Waals surface area contributed by atoms with E-state index < -0.39 is 6.04 Å². The van der Waals surface area contributed by atoms with Crippen molar-refractivity contribution in [3.05, 3.63) is 65.7 Å². The topological polar surface area (TPSA) is 45.2 Å². The van der Waals surface area contributed by atoms with Crippen LogP contribution >= 0.6 is 0 Å². The number of aromatic nitrogens is 1. The number of halogens is 1. The summed E-state index contributed by atoms with van der Waals surface area (Å²) in [6.45, 7) is 0.596. The standard InChI is InChI=1S/C18H22FN3O/c1-22(2)17(15-7-9-16(19)10-8-15)18(23)21-12-4-6-14-5-3-11-20-13-14/h3,5,7-11,13,17H,4,6,12H2,1-2H3,(H,21,23). The van der Waals surface area contributed by atoms with Gasteiger partial charge in [0, 0.05) is 18.9 Å². The highest BCUT2D eigenvalue weighted by atomic mass is 19.1. The second-order valence-electron chi connectivity index (χ2n) is 5.67. The zero-order valence-electron chi connectivity index (χ0n) is 13.5. The molecule has 1 atom stereocenters. The van der Waals surface area contributed by atoms with Crippen LogP contribution in [0.3, 0.4) is 0 Å². The number of hydrogen-bond acceptors (Lipinski definition) is 3. The van der Waals surface area contributed by atoms with E-state index in [2.05, 4.69) is 10.3 Å². The largest absolute Gasteiger partial charge is 0.354 e. The normalized spacial score (nSPS) is 12.2. The van der Waals surface area contributed by atoms with Gasteiger partial charge in [0.2, 0.25) is 5.91 Å². The molecule has 23 heavy (non-hydrogen) atoms. The second kappa shape index (κ2) is 8.39. The highest BCUT2D eigenvalue weighted by Crippen LogP contribution is 2.18. The molecule has 0 aliphatic heterocycles. The van der Waals surface area contributed by atoms with Crippen molar-refractivity contribution in [2.24, 2.45) is 0 Å². The number of likely N-dealkylation sites (N-methyl/N-ethyl adjacent to an activating group) is 1. The van der Waals surface area contributed by atoms with Gasteiger partial charge in [0.1, 0.15) is 11.9 Å². The first kappa shape index (κ1) is 17.1. The Kier molecular flexibility index (Phi) is 6.23. The Morgan fingerprint density at radius 1 is 1.26 bits per heavy atom. The predicted molar refractivity (Wildman–Crippen MR) is 88.4 cm³/mol. The van der Waals surface area contributed by atoms with Crippen molar-refractivity contribution in [1.29, 1.82) is 0 Å². The van der Waals surface area contributed by atoms with Crippen molar-refractivity contribution >= 4 is 5.91 Å². The first-order valence-electron chi connectivity index (χ1n) is 7.66. The number of pyridine rings is 1. The van der Waals surface area contributed by atoms with Crippen LogP contribution in [0.2, 0.25) is 0 Å². The van der Waals surface area contributed by atoms with Crippen LogP contribution in [0.5, 0.6) is 0 Å². The molecule has 122 valence electrons. The lowest BCUT2D eigenvalue weighted by Crippen LogP contribution is -2.37. The Balaban J connectivity index is 1.87. The number of aryl methyl sites for hydroxylation is 1. The van der Waals surface area contributed by atoms with Gasteiger partial charge in [0.05, 0.1) is 0 Å². The summed E-state index contributed by atoms with van der Waals surface area (Å²) in [7, 11) is 3.67. The average molecular weight is 315 g/mol. The molecular weight excluding hydrogens is 293 g/mol. The summed E-state index contributed by atoms with van der Waals surface area (Å²) in [5.41, 5.74) is 1.94. The summed E-state index contributed by atoms with van der Waals surface area (Å²) in [4.78, 5) is 18.3. The van der Waals surface area contributed by atoms with Gasteiger partial charge in [-0.05, 0) is 56.3 Å². The molecule has 4 nitrogen and oxygen atoms in total. The fraction of sp³-hybridized carbons (Fsp3) is 0.333. The molecule has 0 saturated heterocycles. The third-order valence-corrected chi connectivity index (χ3v) is 3.61. The molecule has 0 saturated carbocycles. The molecule has 0 spiro atoms. The summed E-state index contributed by atoms with van der Waals surface area (Å²) in [5, 5.41) is 2.95. The Labute approximate surface area is 136 Å². The van der Waals surface area contributed by atoms with Gasteiger partial charge in [-0.3, -0.25) is 14.7 Å². The van der Waals surface area contributed by atoms with Gasteiger partial charge in [-0.1, -0.05) is 18.2 Å². The van der Waals surface area contributed by atoms with Gasteiger partial charge in [-0.15, -0.1) is 0 Å². The average Bonchev–Trinajstić information content (AvgIpc) is 2.54. The van der Waals surface area contributed by atoms with Crippen LogP contribution in [0.4, 0.5) is 4.39 Å². The molecule has 0 fully saturated rings. The Hall–Kier alpha value is -2.27. The van der Waals surface area contributed by atoms with Crippen LogP contribution in [0.15, 0.2) is 48.8 Å². The molecule has 0 aliphatic rings. The number of benzene rings is 1. The molecule has 1 aromatic heterocycles. The molecule has 2 rings (SSSR count). The van der Waals surface area contributed by atoms with E-state index in [1.807, 2.05) is 37.3 Å². The summed E-state index contributed by atoms with van der Waals surface area (Å²) in [5.74, 6) is -0.379. The maximum absolute atomic E-state index is 13.0. The lowest BCUT2D eigenvalue weighted by molar-refractivity contribution is -0.125. The minimum absolute atomic E-state index is 0.0761. The molecule has 1 heterocycles. The second-order valence-corrected chi connectivity index (χ2v) is 5.67. The molecule has 1 amide bonds. The maximum Gasteiger partial charge on any atom is 0.241 e. The quantitative estimate of drug-likeness (QED) is 0.799. The van der Waals surface area contributed by atoms with Gasteiger partial charge in [0.15, 0.2) is 0 Å². The van der Waals surface area contributed by atoms with E-state index in [1.165, 1.54) is 12.1 Å². The van der Waals surface area contributed by atoms with Crippen LogP contribution < -0.4 is 5.32 Å². The third-order valence-electron chi connectivity index (χ3n) is 3.61. The van der Waals surface area contributed by atoms with Crippen LogP contribution in [0.25, 0.3) is 0 Å². The maximum atomic E-state index is 13.0. The summed E-state index contributed by atoms with van der Waals surface area (Å²) < 4.78 is 13.0. The van der Waals surface area contributed by atoms with Crippen LogP contribution in [-0.2, 0) is 11.2 Å². The molecule has 5 heteroatoms. The zero-order valence-corrected chi connectivity index (χ0v) is 13.5. The van der Waals surface area contributed by atoms with Gasteiger partial charge in [0.25, 0.3) is 0 Å². The predicted octanol–water partition coefficient (Wildman–Crippen LogP) is 2.57. The summed E-state index contributed by atoms with van der Waals surface area (Å²) in [6, 6.07) is 9.56. The lowest BCUT2D eigenvalue weighted by atomic mass is 10.0. The van der Waals surface area contributed by atoms with Crippen molar-refractivity contribution < 1.29 is 9.18 Å². The van der Waals surface area contributed by atoms with Crippen molar-refractivity contribution in [2.75, 3.05) is 20.6 Å². The molecule has 1 aromatic carbocycles. The fourth-order valence-electron chi connectivity index (χ4n) is 2.48. The van der Waals surface area contributed by atoms with Crippen molar-refractivity contribution in [1.82, 2.24) is 15.2 Å². The number of carbonyl (C=O) groups excluding carboxylic acids is 1. The Bertz CT molecular complexity index is 614. The molecule has 0 aliphatic carbocycles. The first-order valence-corrected chi connectivity index (χ1v) is 7.66. The fourth-order valence-corrected chi connectivity index (χ4v) is 2.48. The Morgan fingerprint density at radius 3 is 2.61 bits per heavy atom. The van der Waals surface area contributed by atoms with Crippen LogP contribution in [-0.4, -0.2) is 36.4 Å². The van der Waals surface area contributed by atoms with E-state index >= 15 is 0 Å². The SMILES string of the molecule is CN(C)C(C(=O)NCCCc1cccnc1)c1ccc(F)cc1.